The number of allylic oxidation sites excluding steroid dienone is 6. The first-order valence-electron chi connectivity index (χ1n) is 22.8. The first-order valence-corrected chi connectivity index (χ1v) is 22.8. The SMILES string of the molecule is C/C=C\c1cc(-c2cccc(-c3c4ccccc4c(-c4ccc5cc6c(cc5c4)C4(C5=C(CCC=C5)c5ccccc54)c4ccc5c(c4-6)C=CCC5)c4ccccc34)c2)ccc1C. The predicted octanol–water partition coefficient (Wildman–Crippen LogP) is 16.9. The van der Waals surface area contributed by atoms with Crippen molar-refractivity contribution in [2.75, 3.05) is 0 Å². The van der Waals surface area contributed by atoms with E-state index in [2.05, 4.69) is 208 Å². The van der Waals surface area contributed by atoms with Crippen LogP contribution in [0.1, 0.15) is 70.7 Å². The van der Waals surface area contributed by atoms with Crippen molar-refractivity contribution < 1.29 is 0 Å². The minimum absolute atomic E-state index is 0.347. The molecule has 298 valence electrons. The fourth-order valence-electron chi connectivity index (χ4n) is 12.1. The van der Waals surface area contributed by atoms with E-state index in [1.807, 2.05) is 0 Å². The third kappa shape index (κ3) is 5.16. The van der Waals surface area contributed by atoms with E-state index in [4.69, 9.17) is 0 Å². The van der Waals surface area contributed by atoms with E-state index in [1.54, 1.807) is 0 Å². The van der Waals surface area contributed by atoms with E-state index in [-0.39, 0.29) is 5.41 Å². The summed E-state index contributed by atoms with van der Waals surface area (Å²) in [7, 11) is 0. The molecule has 0 N–H and O–H groups in total. The van der Waals surface area contributed by atoms with Crippen LogP contribution in [0.25, 0.3) is 94.6 Å². The van der Waals surface area contributed by atoms with Gasteiger partial charge in [-0.1, -0.05) is 164 Å². The number of rotatable bonds is 4. The molecule has 0 amide bonds. The molecule has 4 aliphatic carbocycles. The monoisotopic (exact) mass is 802 g/mol. The van der Waals surface area contributed by atoms with Crippen LogP contribution < -0.4 is 0 Å². The molecular formula is C63H46. The molecule has 0 radical (unpaired) electrons. The van der Waals surface area contributed by atoms with Gasteiger partial charge in [-0.05, 0) is 202 Å². The van der Waals surface area contributed by atoms with Crippen LogP contribution in [-0.2, 0) is 11.8 Å². The Morgan fingerprint density at radius 1 is 0.476 bits per heavy atom. The molecule has 0 saturated heterocycles. The molecule has 0 bridgehead atoms. The Morgan fingerprint density at radius 3 is 1.95 bits per heavy atom. The van der Waals surface area contributed by atoms with Crippen LogP contribution in [0.15, 0.2) is 188 Å². The fraction of sp³-hybridized carbons (Fsp3) is 0.111. The van der Waals surface area contributed by atoms with Gasteiger partial charge in [0.25, 0.3) is 0 Å². The number of hydrogen-bond acceptors (Lipinski definition) is 0. The van der Waals surface area contributed by atoms with Gasteiger partial charge in [0.05, 0.1) is 5.41 Å². The van der Waals surface area contributed by atoms with Crippen molar-refractivity contribution in [2.24, 2.45) is 0 Å². The van der Waals surface area contributed by atoms with E-state index in [9.17, 15) is 0 Å². The average molecular weight is 803 g/mol. The summed E-state index contributed by atoms with van der Waals surface area (Å²) in [4.78, 5) is 0. The van der Waals surface area contributed by atoms with E-state index in [0.29, 0.717) is 0 Å². The lowest BCUT2D eigenvalue weighted by Crippen LogP contribution is -2.27. The van der Waals surface area contributed by atoms with E-state index < -0.39 is 0 Å². The largest absolute Gasteiger partial charge is 0.0871 e. The molecule has 4 aliphatic rings. The highest BCUT2D eigenvalue weighted by Crippen LogP contribution is 2.65. The summed E-state index contributed by atoms with van der Waals surface area (Å²) in [5, 5.41) is 7.67. The number of benzene rings is 9. The van der Waals surface area contributed by atoms with Crippen molar-refractivity contribution in [2.45, 2.75) is 44.9 Å². The highest BCUT2D eigenvalue weighted by molar-refractivity contribution is 6.22. The van der Waals surface area contributed by atoms with Crippen LogP contribution in [0.2, 0.25) is 0 Å². The zero-order valence-corrected chi connectivity index (χ0v) is 35.8. The van der Waals surface area contributed by atoms with Crippen LogP contribution in [0.5, 0.6) is 0 Å². The van der Waals surface area contributed by atoms with Gasteiger partial charge in [0.15, 0.2) is 0 Å². The number of aryl methyl sites for hydroxylation is 2. The predicted molar refractivity (Wildman–Crippen MR) is 269 cm³/mol. The molecule has 0 nitrogen and oxygen atoms in total. The molecule has 0 aromatic heterocycles. The first kappa shape index (κ1) is 36.4. The van der Waals surface area contributed by atoms with Gasteiger partial charge in [-0.15, -0.1) is 0 Å². The molecule has 1 spiro atoms. The Hall–Kier alpha value is -7.28. The lowest BCUT2D eigenvalue weighted by molar-refractivity contribution is 0.780. The standard InChI is InChI=1S/C63H46/c1-3-15-41-34-43(29-28-39(41)2)42-17-14-18-45(35-42)60-51-22-6-8-24-53(51)61(54-25-9-7-23-52(54)60)46-31-30-44-37-55-59(38-47(44)36-46)63(58-33-32-40-16-4-5-19-48(40)62(55)58)56-26-12-10-20-49(56)50-21-11-13-27-57(50)63/h3,5-10,12-15,17-20,22-38H,4,11,16,21H2,1-2H3/b15-3-. The van der Waals surface area contributed by atoms with E-state index in [0.717, 1.165) is 25.7 Å². The molecule has 0 aliphatic heterocycles. The van der Waals surface area contributed by atoms with Gasteiger partial charge < -0.3 is 0 Å². The molecule has 0 saturated carbocycles. The molecule has 1 atom stereocenters. The highest BCUT2D eigenvalue weighted by Gasteiger charge is 2.53. The van der Waals surface area contributed by atoms with E-state index >= 15 is 0 Å². The van der Waals surface area contributed by atoms with Crippen LogP contribution in [0.4, 0.5) is 0 Å². The van der Waals surface area contributed by atoms with Crippen LogP contribution in [-0.4, -0.2) is 0 Å². The maximum atomic E-state index is 2.58. The molecule has 0 heterocycles. The lowest BCUT2D eigenvalue weighted by atomic mass is 9.68. The van der Waals surface area contributed by atoms with Crippen molar-refractivity contribution >= 4 is 50.0 Å². The quantitative estimate of drug-likeness (QED) is 0.156. The van der Waals surface area contributed by atoms with Gasteiger partial charge in [0, 0.05) is 0 Å². The summed E-state index contributed by atoms with van der Waals surface area (Å²) in [5.41, 5.74) is 24.2. The van der Waals surface area contributed by atoms with E-state index in [1.165, 1.54) is 132 Å². The maximum absolute atomic E-state index is 2.58. The molecule has 0 fully saturated rings. The smallest absolute Gasteiger partial charge is 0.0722 e. The second kappa shape index (κ2) is 13.9. The normalized spacial score (nSPS) is 16.9. The maximum Gasteiger partial charge on any atom is 0.0722 e. The third-order valence-electron chi connectivity index (χ3n) is 14.8. The van der Waals surface area contributed by atoms with Crippen LogP contribution in [0, 0.1) is 6.92 Å². The van der Waals surface area contributed by atoms with Crippen molar-refractivity contribution in [3.05, 3.63) is 232 Å². The third-order valence-corrected chi connectivity index (χ3v) is 14.8. The molecule has 9 aromatic carbocycles. The van der Waals surface area contributed by atoms with Gasteiger partial charge in [-0.2, -0.15) is 0 Å². The number of hydrogen-bond donors (Lipinski definition) is 0. The summed E-state index contributed by atoms with van der Waals surface area (Å²) in [6.45, 7) is 4.28. The Labute approximate surface area is 369 Å². The molecule has 63 heavy (non-hydrogen) atoms. The Balaban J connectivity index is 1.04. The van der Waals surface area contributed by atoms with Gasteiger partial charge in [0.1, 0.15) is 0 Å². The minimum atomic E-state index is -0.347. The second-order valence-electron chi connectivity index (χ2n) is 18.1. The molecule has 9 aromatic rings. The van der Waals surface area contributed by atoms with Gasteiger partial charge in [0.2, 0.25) is 0 Å². The summed E-state index contributed by atoms with van der Waals surface area (Å²) >= 11 is 0. The van der Waals surface area contributed by atoms with Crippen molar-refractivity contribution in [3.8, 4) is 44.5 Å². The second-order valence-corrected chi connectivity index (χ2v) is 18.1. The Morgan fingerprint density at radius 2 is 1.16 bits per heavy atom. The Kier molecular flexibility index (Phi) is 8.01. The highest BCUT2D eigenvalue weighted by atomic mass is 14.5. The van der Waals surface area contributed by atoms with Crippen molar-refractivity contribution in [1.29, 1.82) is 0 Å². The summed E-state index contributed by atoms with van der Waals surface area (Å²) in [6, 6.07) is 60.7. The summed E-state index contributed by atoms with van der Waals surface area (Å²) < 4.78 is 0. The topological polar surface area (TPSA) is 0 Å². The summed E-state index contributed by atoms with van der Waals surface area (Å²) in [6.07, 6.45) is 18.4. The number of fused-ring (bicyclic) bond motifs is 14. The zero-order valence-electron chi connectivity index (χ0n) is 35.8. The first-order chi connectivity index (χ1) is 31.1. The fourth-order valence-corrected chi connectivity index (χ4v) is 12.1. The van der Waals surface area contributed by atoms with Crippen LogP contribution >= 0.6 is 0 Å². The Bertz CT molecular complexity index is 3520. The van der Waals surface area contributed by atoms with Crippen LogP contribution in [0.3, 0.4) is 0 Å². The molecule has 0 heteroatoms. The zero-order chi connectivity index (χ0) is 41.8. The minimum Gasteiger partial charge on any atom is -0.0871 e. The molecule has 13 rings (SSSR count). The van der Waals surface area contributed by atoms with Gasteiger partial charge in [-0.25, -0.2) is 0 Å². The van der Waals surface area contributed by atoms with Gasteiger partial charge >= 0.3 is 0 Å². The average Bonchev–Trinajstić information content (AvgIpc) is 3.80. The van der Waals surface area contributed by atoms with Gasteiger partial charge in [-0.3, -0.25) is 0 Å². The van der Waals surface area contributed by atoms with Crippen molar-refractivity contribution in [1.82, 2.24) is 0 Å². The molecule has 1 unspecified atom stereocenters. The van der Waals surface area contributed by atoms with Crippen molar-refractivity contribution in [3.63, 3.8) is 0 Å². The lowest BCUT2D eigenvalue weighted by Gasteiger charge is -2.32. The molecular weight excluding hydrogens is 757 g/mol. The summed E-state index contributed by atoms with van der Waals surface area (Å²) in [5.74, 6) is 0.